The number of nitrogens with one attached hydrogen (secondary N) is 1. The van der Waals surface area contributed by atoms with Gasteiger partial charge in [-0.05, 0) is 41.5 Å². The topological polar surface area (TPSA) is 98.8 Å². The lowest BCUT2D eigenvalue weighted by Crippen LogP contribution is -2.49. The Balaban J connectivity index is 4.99. The smallest absolute Gasteiger partial charge is 0.408 e. The maximum atomic E-state index is 12.8. The monoisotopic (exact) mass is 327 g/mol. The minimum absolute atomic E-state index is 0.850. The van der Waals surface area contributed by atoms with Crippen molar-refractivity contribution in [2.24, 2.45) is 0 Å². The second-order valence-electron chi connectivity index (χ2n) is 6.44. The molecule has 1 amide bonds. The molecule has 0 aromatic carbocycles. The number of carbonyl (C=O) groups excluding carboxylic acids is 2. The molecule has 7 nitrogen and oxygen atoms in total. The van der Waals surface area contributed by atoms with Crippen LogP contribution in [0.5, 0.6) is 0 Å². The van der Waals surface area contributed by atoms with Crippen molar-refractivity contribution >= 4 is 22.3 Å². The molecule has 0 aliphatic heterocycles. The molecule has 0 bridgehead atoms. The summed E-state index contributed by atoms with van der Waals surface area (Å²) in [4.78, 5) is 23.4. The van der Waals surface area contributed by atoms with Crippen molar-refractivity contribution in [3.05, 3.63) is 0 Å². The molecule has 0 heterocycles. The summed E-state index contributed by atoms with van der Waals surface area (Å²) in [5, 5.41) is 2.00. The molecule has 0 aliphatic rings. The summed E-state index contributed by atoms with van der Waals surface area (Å²) in [6.45, 7) is 9.42. The Bertz CT molecular complexity index is 489. The molecule has 0 radical (unpaired) electrons. The quantitative estimate of drug-likeness (QED) is 0.621. The average Bonchev–Trinajstić information content (AvgIpc) is 2.07. The standard InChI is InChI=1S/C12H22FNO6S/c1-11(2,3)19-9(15)8(7-21(13,17)18)14-10(16)20-12(4,5)6/h8H,7H2,1-6H3,(H,14,16)/t8-/m1/s1. The van der Waals surface area contributed by atoms with E-state index in [-0.39, 0.29) is 0 Å². The molecule has 9 heteroatoms. The van der Waals surface area contributed by atoms with Crippen LogP contribution in [0.15, 0.2) is 0 Å². The zero-order chi connectivity index (χ0) is 17.1. The van der Waals surface area contributed by atoms with E-state index >= 15 is 0 Å². The van der Waals surface area contributed by atoms with Gasteiger partial charge in [-0.2, -0.15) is 8.42 Å². The van der Waals surface area contributed by atoms with Crippen LogP contribution < -0.4 is 5.32 Å². The molecule has 0 saturated carbocycles. The largest absolute Gasteiger partial charge is 0.458 e. The molecule has 0 aliphatic carbocycles. The molecule has 0 aromatic heterocycles. The zero-order valence-electron chi connectivity index (χ0n) is 13.0. The Labute approximate surface area is 124 Å². The molecule has 0 spiro atoms. The molecule has 0 saturated heterocycles. The van der Waals surface area contributed by atoms with Gasteiger partial charge in [-0.3, -0.25) is 0 Å². The highest BCUT2D eigenvalue weighted by atomic mass is 32.3. The lowest BCUT2D eigenvalue weighted by atomic mass is 10.2. The second kappa shape index (κ2) is 6.59. The highest BCUT2D eigenvalue weighted by molar-refractivity contribution is 7.86. The van der Waals surface area contributed by atoms with Gasteiger partial charge in [0.05, 0.1) is 0 Å². The predicted octanol–water partition coefficient (Wildman–Crippen LogP) is 1.52. The van der Waals surface area contributed by atoms with Crippen LogP contribution in [-0.2, 0) is 24.5 Å². The van der Waals surface area contributed by atoms with E-state index in [0.717, 1.165) is 0 Å². The molecule has 1 N–H and O–H groups in total. The number of ether oxygens (including phenoxy) is 2. The molecule has 124 valence electrons. The third-order valence-corrected chi connectivity index (χ3v) is 2.48. The minimum Gasteiger partial charge on any atom is -0.458 e. The van der Waals surface area contributed by atoms with Gasteiger partial charge in [0.2, 0.25) is 0 Å². The summed E-state index contributed by atoms with van der Waals surface area (Å²) in [5.41, 5.74) is -1.76. The number of carbonyl (C=O) groups is 2. The van der Waals surface area contributed by atoms with Gasteiger partial charge < -0.3 is 14.8 Å². The lowest BCUT2D eigenvalue weighted by molar-refractivity contribution is -0.156. The minimum atomic E-state index is -4.98. The first-order valence-corrected chi connectivity index (χ1v) is 7.79. The summed E-state index contributed by atoms with van der Waals surface area (Å²) >= 11 is 0. The van der Waals surface area contributed by atoms with Gasteiger partial charge in [0, 0.05) is 0 Å². The van der Waals surface area contributed by atoms with Gasteiger partial charge in [0.25, 0.3) is 0 Å². The zero-order valence-corrected chi connectivity index (χ0v) is 13.8. The molecular formula is C12H22FNO6S. The van der Waals surface area contributed by atoms with Crippen molar-refractivity contribution in [2.75, 3.05) is 5.75 Å². The first-order chi connectivity index (χ1) is 9.09. The highest BCUT2D eigenvalue weighted by Crippen LogP contribution is 2.11. The summed E-state index contributed by atoms with van der Waals surface area (Å²) in [5.74, 6) is -2.28. The fourth-order valence-electron chi connectivity index (χ4n) is 1.19. The maximum absolute atomic E-state index is 12.8. The van der Waals surface area contributed by atoms with E-state index in [1.54, 1.807) is 41.5 Å². The van der Waals surface area contributed by atoms with Crippen molar-refractivity contribution in [2.45, 2.75) is 58.8 Å². The van der Waals surface area contributed by atoms with E-state index in [9.17, 15) is 21.9 Å². The van der Waals surface area contributed by atoms with Crippen LogP contribution in [0.4, 0.5) is 8.68 Å². The Hall–Kier alpha value is -1.38. The van der Waals surface area contributed by atoms with E-state index in [1.165, 1.54) is 0 Å². The Morgan fingerprint density at radius 3 is 1.81 bits per heavy atom. The molecule has 0 rings (SSSR count). The third-order valence-electron chi connectivity index (χ3n) is 1.75. The van der Waals surface area contributed by atoms with Crippen LogP contribution in [0.1, 0.15) is 41.5 Å². The van der Waals surface area contributed by atoms with Gasteiger partial charge in [-0.15, -0.1) is 3.89 Å². The predicted molar refractivity (Wildman–Crippen MR) is 73.9 cm³/mol. The average molecular weight is 327 g/mol. The number of alkyl carbamates (subject to hydrolysis) is 1. The third kappa shape index (κ3) is 11.0. The Morgan fingerprint density at radius 1 is 1.05 bits per heavy atom. The molecule has 0 fully saturated rings. The van der Waals surface area contributed by atoms with Crippen LogP contribution in [0, 0.1) is 0 Å². The molecule has 1 atom stereocenters. The van der Waals surface area contributed by atoms with E-state index in [2.05, 4.69) is 0 Å². The van der Waals surface area contributed by atoms with Crippen molar-refractivity contribution in [1.82, 2.24) is 5.32 Å². The van der Waals surface area contributed by atoms with Crippen molar-refractivity contribution < 1.29 is 31.4 Å². The van der Waals surface area contributed by atoms with Crippen LogP contribution >= 0.6 is 0 Å². The first kappa shape index (κ1) is 19.6. The van der Waals surface area contributed by atoms with Crippen molar-refractivity contribution in [3.63, 3.8) is 0 Å². The summed E-state index contributed by atoms with van der Waals surface area (Å²) < 4.78 is 44.0. The van der Waals surface area contributed by atoms with Crippen LogP contribution in [0.3, 0.4) is 0 Å². The summed E-state index contributed by atoms with van der Waals surface area (Å²) in [6.07, 6.45) is -1.04. The normalized spacial score (nSPS) is 14.2. The lowest BCUT2D eigenvalue weighted by Gasteiger charge is -2.25. The Morgan fingerprint density at radius 2 is 1.48 bits per heavy atom. The summed E-state index contributed by atoms with van der Waals surface area (Å²) in [7, 11) is -4.98. The highest BCUT2D eigenvalue weighted by Gasteiger charge is 2.32. The molecule has 0 aromatic rings. The second-order valence-corrected chi connectivity index (χ2v) is 7.85. The number of halogens is 1. The molecule has 21 heavy (non-hydrogen) atoms. The fraction of sp³-hybridized carbons (Fsp3) is 0.833. The molecular weight excluding hydrogens is 305 g/mol. The van der Waals surface area contributed by atoms with Gasteiger partial charge in [-0.25, -0.2) is 9.59 Å². The van der Waals surface area contributed by atoms with Gasteiger partial charge in [0.15, 0.2) is 0 Å². The number of hydrogen-bond acceptors (Lipinski definition) is 6. The van der Waals surface area contributed by atoms with E-state index < -0.39 is 45.3 Å². The van der Waals surface area contributed by atoms with Crippen molar-refractivity contribution in [1.29, 1.82) is 0 Å². The molecule has 0 unspecified atom stereocenters. The van der Waals surface area contributed by atoms with E-state index in [4.69, 9.17) is 9.47 Å². The fourth-order valence-corrected chi connectivity index (χ4v) is 1.81. The van der Waals surface area contributed by atoms with Crippen LogP contribution in [0.2, 0.25) is 0 Å². The van der Waals surface area contributed by atoms with Crippen molar-refractivity contribution in [3.8, 4) is 0 Å². The van der Waals surface area contributed by atoms with E-state index in [0.29, 0.717) is 0 Å². The number of hydrogen-bond donors (Lipinski definition) is 1. The van der Waals surface area contributed by atoms with E-state index in [1.807, 2.05) is 5.32 Å². The van der Waals surface area contributed by atoms with Gasteiger partial charge in [-0.1, -0.05) is 0 Å². The Kier molecular flexibility index (Phi) is 6.16. The van der Waals surface area contributed by atoms with Gasteiger partial charge >= 0.3 is 22.3 Å². The number of esters is 1. The number of amides is 1. The maximum Gasteiger partial charge on any atom is 0.408 e. The summed E-state index contributed by atoms with van der Waals surface area (Å²) in [6, 6.07) is -1.69. The number of rotatable bonds is 4. The SMILES string of the molecule is CC(C)(C)OC(=O)N[C@H](CS(=O)(=O)F)C(=O)OC(C)(C)C. The van der Waals surface area contributed by atoms with Gasteiger partial charge in [0.1, 0.15) is 23.0 Å². The first-order valence-electron chi connectivity index (χ1n) is 6.24. The van der Waals surface area contributed by atoms with Crippen LogP contribution in [0.25, 0.3) is 0 Å². The van der Waals surface area contributed by atoms with Crippen LogP contribution in [-0.4, -0.2) is 43.5 Å².